The normalized spacial score (nSPS) is 16.3. The molecule has 0 fully saturated rings. The molecule has 0 aromatic heterocycles. The summed E-state index contributed by atoms with van der Waals surface area (Å²) >= 11 is 0. The Bertz CT molecular complexity index is 571. The number of para-hydroxylation sites is 1. The Morgan fingerprint density at radius 3 is 2.81 bits per heavy atom. The Labute approximate surface area is 126 Å². The molecule has 1 aliphatic heterocycles. The van der Waals surface area contributed by atoms with Crippen LogP contribution in [0.15, 0.2) is 18.2 Å². The fraction of sp³-hybridized carbons (Fsp3) is 0.600. The molecule has 5 nitrogen and oxygen atoms in total. The highest BCUT2D eigenvalue weighted by atomic mass is 32.2. The van der Waals surface area contributed by atoms with E-state index in [9.17, 15) is 8.42 Å². The summed E-state index contributed by atoms with van der Waals surface area (Å²) in [5.41, 5.74) is 1.04. The van der Waals surface area contributed by atoms with Crippen LogP contribution in [0.25, 0.3) is 0 Å². The van der Waals surface area contributed by atoms with E-state index in [-0.39, 0.29) is 11.8 Å². The maximum Gasteiger partial charge on any atom is 0.165 e. The first-order valence-corrected chi connectivity index (χ1v) is 9.30. The molecule has 1 heterocycles. The molecule has 118 valence electrons. The van der Waals surface area contributed by atoms with E-state index in [0.29, 0.717) is 26.2 Å². The van der Waals surface area contributed by atoms with Crippen molar-refractivity contribution in [2.24, 2.45) is 0 Å². The second kappa shape index (κ2) is 7.13. The van der Waals surface area contributed by atoms with Crippen molar-refractivity contribution in [3.8, 4) is 11.5 Å². The predicted molar refractivity (Wildman–Crippen MR) is 82.7 cm³/mol. The molecular weight excluding hydrogens is 290 g/mol. The Morgan fingerprint density at radius 2 is 2.05 bits per heavy atom. The van der Waals surface area contributed by atoms with Gasteiger partial charge < -0.3 is 14.8 Å². The Balaban J connectivity index is 1.94. The molecule has 0 radical (unpaired) electrons. The van der Waals surface area contributed by atoms with Crippen molar-refractivity contribution in [3.63, 3.8) is 0 Å². The zero-order valence-corrected chi connectivity index (χ0v) is 13.4. The third-order valence-electron chi connectivity index (χ3n) is 3.42. The molecule has 0 bridgehead atoms. The van der Waals surface area contributed by atoms with Gasteiger partial charge in [-0.05, 0) is 19.4 Å². The molecule has 0 aliphatic carbocycles. The molecule has 1 aliphatic rings. The van der Waals surface area contributed by atoms with Gasteiger partial charge in [0.15, 0.2) is 11.5 Å². The van der Waals surface area contributed by atoms with E-state index in [2.05, 4.69) is 5.32 Å². The SMILES string of the molecule is C[C@H](CCS(C)(=O)=O)NCc1cccc2c1OCCCO2. The molecule has 2 rings (SSSR count). The van der Waals surface area contributed by atoms with Gasteiger partial charge in [0.1, 0.15) is 9.84 Å². The summed E-state index contributed by atoms with van der Waals surface area (Å²) in [6.45, 7) is 3.96. The number of benzene rings is 1. The summed E-state index contributed by atoms with van der Waals surface area (Å²) < 4.78 is 33.8. The highest BCUT2D eigenvalue weighted by molar-refractivity contribution is 7.90. The quantitative estimate of drug-likeness (QED) is 0.867. The van der Waals surface area contributed by atoms with Gasteiger partial charge in [0.05, 0.1) is 19.0 Å². The van der Waals surface area contributed by atoms with Crippen molar-refractivity contribution in [2.75, 3.05) is 25.2 Å². The van der Waals surface area contributed by atoms with Crippen LogP contribution in [0, 0.1) is 0 Å². The van der Waals surface area contributed by atoms with E-state index >= 15 is 0 Å². The van der Waals surface area contributed by atoms with Crippen LogP contribution in [0.2, 0.25) is 0 Å². The smallest absolute Gasteiger partial charge is 0.165 e. The van der Waals surface area contributed by atoms with Crippen LogP contribution in [-0.2, 0) is 16.4 Å². The largest absolute Gasteiger partial charge is 0.490 e. The zero-order valence-electron chi connectivity index (χ0n) is 12.6. The molecule has 1 atom stereocenters. The Kier molecular flexibility index (Phi) is 5.47. The van der Waals surface area contributed by atoms with Gasteiger partial charge in [-0.1, -0.05) is 12.1 Å². The van der Waals surface area contributed by atoms with Crippen molar-refractivity contribution in [1.29, 1.82) is 0 Å². The van der Waals surface area contributed by atoms with E-state index in [4.69, 9.17) is 9.47 Å². The van der Waals surface area contributed by atoms with Crippen molar-refractivity contribution in [1.82, 2.24) is 5.32 Å². The van der Waals surface area contributed by atoms with Crippen LogP contribution in [0.3, 0.4) is 0 Å². The maximum absolute atomic E-state index is 11.2. The van der Waals surface area contributed by atoms with E-state index in [1.807, 2.05) is 25.1 Å². The molecule has 0 saturated carbocycles. The lowest BCUT2D eigenvalue weighted by Crippen LogP contribution is -2.27. The number of rotatable bonds is 6. The summed E-state index contributed by atoms with van der Waals surface area (Å²) in [5.74, 6) is 1.79. The molecule has 6 heteroatoms. The van der Waals surface area contributed by atoms with Crippen LogP contribution in [0.1, 0.15) is 25.3 Å². The minimum atomic E-state index is -2.91. The standard InChI is InChI=1S/C15H23NO4S/c1-12(7-10-21(2,17)18)16-11-13-5-3-6-14-15(13)20-9-4-8-19-14/h3,5-6,12,16H,4,7-11H2,1-2H3/t12-/m1/s1. The maximum atomic E-state index is 11.2. The van der Waals surface area contributed by atoms with Gasteiger partial charge >= 0.3 is 0 Å². The molecule has 0 saturated heterocycles. The summed E-state index contributed by atoms with van der Waals surface area (Å²) in [6, 6.07) is 5.99. The molecule has 0 unspecified atom stereocenters. The lowest BCUT2D eigenvalue weighted by Gasteiger charge is -2.16. The molecule has 1 aromatic carbocycles. The van der Waals surface area contributed by atoms with Crippen molar-refractivity contribution in [2.45, 2.75) is 32.4 Å². The van der Waals surface area contributed by atoms with Crippen molar-refractivity contribution in [3.05, 3.63) is 23.8 Å². The lowest BCUT2D eigenvalue weighted by atomic mass is 10.1. The van der Waals surface area contributed by atoms with Gasteiger partial charge in [0.2, 0.25) is 0 Å². The number of ether oxygens (including phenoxy) is 2. The van der Waals surface area contributed by atoms with E-state index in [1.165, 1.54) is 6.26 Å². The summed E-state index contributed by atoms with van der Waals surface area (Å²) in [7, 11) is -2.91. The minimum Gasteiger partial charge on any atom is -0.490 e. The number of nitrogens with one attached hydrogen (secondary N) is 1. The molecule has 0 spiro atoms. The highest BCUT2D eigenvalue weighted by Gasteiger charge is 2.15. The van der Waals surface area contributed by atoms with E-state index < -0.39 is 9.84 Å². The van der Waals surface area contributed by atoms with Crippen LogP contribution in [-0.4, -0.2) is 39.7 Å². The lowest BCUT2D eigenvalue weighted by molar-refractivity contribution is 0.295. The average Bonchev–Trinajstić information content (AvgIpc) is 2.67. The number of sulfone groups is 1. The number of hydrogen-bond donors (Lipinski definition) is 1. The van der Waals surface area contributed by atoms with Crippen LogP contribution in [0.4, 0.5) is 0 Å². The third-order valence-corrected chi connectivity index (χ3v) is 4.39. The average molecular weight is 313 g/mol. The van der Waals surface area contributed by atoms with Gasteiger partial charge in [0.25, 0.3) is 0 Å². The van der Waals surface area contributed by atoms with Gasteiger partial charge in [0, 0.05) is 30.8 Å². The molecule has 21 heavy (non-hydrogen) atoms. The van der Waals surface area contributed by atoms with Crippen LogP contribution in [0.5, 0.6) is 11.5 Å². The second-order valence-electron chi connectivity index (χ2n) is 5.50. The Morgan fingerprint density at radius 1 is 1.29 bits per heavy atom. The van der Waals surface area contributed by atoms with Gasteiger partial charge in [-0.3, -0.25) is 0 Å². The van der Waals surface area contributed by atoms with Gasteiger partial charge in [-0.2, -0.15) is 0 Å². The summed E-state index contributed by atoms with van der Waals surface area (Å²) in [6.07, 6.45) is 2.75. The zero-order chi connectivity index (χ0) is 15.3. The summed E-state index contributed by atoms with van der Waals surface area (Å²) in [4.78, 5) is 0. The Hall–Kier alpha value is -1.27. The van der Waals surface area contributed by atoms with E-state index in [0.717, 1.165) is 23.5 Å². The monoisotopic (exact) mass is 313 g/mol. The van der Waals surface area contributed by atoms with Crippen LogP contribution < -0.4 is 14.8 Å². The first-order chi connectivity index (χ1) is 9.96. The highest BCUT2D eigenvalue weighted by Crippen LogP contribution is 2.33. The van der Waals surface area contributed by atoms with Crippen molar-refractivity contribution < 1.29 is 17.9 Å². The van der Waals surface area contributed by atoms with Crippen molar-refractivity contribution >= 4 is 9.84 Å². The molecule has 0 amide bonds. The topological polar surface area (TPSA) is 64.6 Å². The second-order valence-corrected chi connectivity index (χ2v) is 7.76. The van der Waals surface area contributed by atoms with Gasteiger partial charge in [-0.15, -0.1) is 0 Å². The first-order valence-electron chi connectivity index (χ1n) is 7.24. The number of hydrogen-bond acceptors (Lipinski definition) is 5. The number of fused-ring (bicyclic) bond motifs is 1. The predicted octanol–water partition coefficient (Wildman–Crippen LogP) is 1.76. The molecule has 1 aromatic rings. The summed E-state index contributed by atoms with van der Waals surface area (Å²) in [5, 5.41) is 3.34. The van der Waals surface area contributed by atoms with E-state index in [1.54, 1.807) is 0 Å². The molecule has 1 N–H and O–H groups in total. The fourth-order valence-electron chi connectivity index (χ4n) is 2.17. The fourth-order valence-corrected chi connectivity index (χ4v) is 2.95. The minimum absolute atomic E-state index is 0.127. The van der Waals surface area contributed by atoms with Crippen LogP contribution >= 0.6 is 0 Å². The molecular formula is C15H23NO4S. The first kappa shape index (κ1) is 16.1. The van der Waals surface area contributed by atoms with Gasteiger partial charge in [-0.25, -0.2) is 8.42 Å². The third kappa shape index (κ3) is 5.21.